The summed E-state index contributed by atoms with van der Waals surface area (Å²) >= 11 is 1.18. The molecule has 2 N–H and O–H groups in total. The maximum Gasteiger partial charge on any atom is 0.113 e. The third-order valence-corrected chi connectivity index (χ3v) is 2.22. The highest BCUT2D eigenvalue weighted by Crippen LogP contribution is 2.19. The fourth-order valence-corrected chi connectivity index (χ4v) is 1.72. The van der Waals surface area contributed by atoms with Crippen LogP contribution in [0.2, 0.25) is 0 Å². The van der Waals surface area contributed by atoms with E-state index in [1.165, 1.54) is 11.7 Å². The van der Waals surface area contributed by atoms with Gasteiger partial charge in [-0.05, 0) is 12.1 Å². The predicted molar refractivity (Wildman–Crippen MR) is 55.3 cm³/mol. The zero-order valence-corrected chi connectivity index (χ0v) is 7.88. The smallest absolute Gasteiger partial charge is 0.113 e. The summed E-state index contributed by atoms with van der Waals surface area (Å²) in [6, 6.07) is 3.66. The SMILES string of the molecule is CN=Cc1cc(N)cc2nsnc12. The molecule has 0 aliphatic rings. The second kappa shape index (κ2) is 3.10. The molecule has 0 aliphatic carbocycles. The van der Waals surface area contributed by atoms with Gasteiger partial charge in [0.1, 0.15) is 11.0 Å². The standard InChI is InChI=1S/C8H8N4S/c1-10-4-5-2-6(9)3-7-8(5)12-13-11-7/h2-4H,9H2,1H3. The van der Waals surface area contributed by atoms with Crippen molar-refractivity contribution in [1.29, 1.82) is 0 Å². The molecule has 13 heavy (non-hydrogen) atoms. The van der Waals surface area contributed by atoms with E-state index >= 15 is 0 Å². The summed E-state index contributed by atoms with van der Waals surface area (Å²) < 4.78 is 8.27. The molecule has 0 spiro atoms. The Kier molecular flexibility index (Phi) is 1.94. The number of hydrogen-bond donors (Lipinski definition) is 1. The van der Waals surface area contributed by atoms with Gasteiger partial charge in [0, 0.05) is 24.5 Å². The molecular weight excluding hydrogens is 184 g/mol. The van der Waals surface area contributed by atoms with Crippen molar-refractivity contribution in [2.45, 2.75) is 0 Å². The number of nitrogens with two attached hydrogens (primary N) is 1. The second-order valence-corrected chi connectivity index (χ2v) is 3.16. The first-order valence-electron chi connectivity index (χ1n) is 3.75. The number of fused-ring (bicyclic) bond motifs is 1. The number of aliphatic imine (C=N–C) groups is 1. The number of nitrogens with zero attached hydrogens (tertiary/aromatic N) is 3. The molecular formula is C8H8N4S. The molecule has 0 aliphatic heterocycles. The fourth-order valence-electron chi connectivity index (χ4n) is 1.18. The highest BCUT2D eigenvalue weighted by Gasteiger charge is 2.04. The molecule has 0 unspecified atom stereocenters. The van der Waals surface area contributed by atoms with Gasteiger partial charge in [0.2, 0.25) is 0 Å². The molecule has 0 amide bonds. The summed E-state index contributed by atoms with van der Waals surface area (Å²) in [7, 11) is 1.72. The molecule has 5 heteroatoms. The van der Waals surface area contributed by atoms with Crippen LogP contribution in [0.4, 0.5) is 5.69 Å². The van der Waals surface area contributed by atoms with E-state index in [9.17, 15) is 0 Å². The van der Waals surface area contributed by atoms with Crippen molar-refractivity contribution < 1.29 is 0 Å². The lowest BCUT2D eigenvalue weighted by Crippen LogP contribution is -1.90. The Labute approximate surface area is 79.4 Å². The number of hydrogen-bond acceptors (Lipinski definition) is 5. The molecule has 2 aromatic rings. The molecule has 4 nitrogen and oxygen atoms in total. The molecule has 0 atom stereocenters. The average molecular weight is 192 g/mol. The number of aromatic nitrogens is 2. The van der Waals surface area contributed by atoms with Gasteiger partial charge in [-0.1, -0.05) is 0 Å². The highest BCUT2D eigenvalue weighted by atomic mass is 32.1. The summed E-state index contributed by atoms with van der Waals surface area (Å²) in [5.41, 5.74) is 9.00. The first-order valence-corrected chi connectivity index (χ1v) is 4.48. The first-order chi connectivity index (χ1) is 6.31. The van der Waals surface area contributed by atoms with Gasteiger partial charge in [-0.2, -0.15) is 8.75 Å². The molecule has 0 saturated carbocycles. The van der Waals surface area contributed by atoms with E-state index in [-0.39, 0.29) is 0 Å². The van der Waals surface area contributed by atoms with E-state index in [1.807, 2.05) is 12.1 Å². The van der Waals surface area contributed by atoms with E-state index in [1.54, 1.807) is 13.3 Å². The van der Waals surface area contributed by atoms with E-state index in [0.717, 1.165) is 16.6 Å². The Balaban J connectivity index is 2.77. The molecule has 1 aromatic carbocycles. The quantitative estimate of drug-likeness (QED) is 0.547. The van der Waals surface area contributed by atoms with Gasteiger partial charge in [-0.25, -0.2) is 0 Å². The zero-order chi connectivity index (χ0) is 9.26. The zero-order valence-electron chi connectivity index (χ0n) is 7.06. The Morgan fingerprint density at radius 3 is 3.08 bits per heavy atom. The van der Waals surface area contributed by atoms with E-state index in [2.05, 4.69) is 13.7 Å². The Bertz CT molecular complexity index is 460. The summed E-state index contributed by atoms with van der Waals surface area (Å²) in [6.45, 7) is 0. The van der Waals surface area contributed by atoms with Crippen molar-refractivity contribution in [1.82, 2.24) is 8.75 Å². The number of nitrogen functional groups attached to an aromatic ring is 1. The van der Waals surface area contributed by atoms with Crippen molar-refractivity contribution in [2.75, 3.05) is 12.8 Å². The molecule has 0 bridgehead atoms. The molecule has 2 rings (SSSR count). The molecule has 0 fully saturated rings. The van der Waals surface area contributed by atoms with Crippen LogP contribution in [-0.2, 0) is 0 Å². The van der Waals surface area contributed by atoms with Gasteiger partial charge in [0.25, 0.3) is 0 Å². The number of benzene rings is 1. The summed E-state index contributed by atoms with van der Waals surface area (Å²) in [4.78, 5) is 3.93. The normalized spacial score (nSPS) is 11.5. The highest BCUT2D eigenvalue weighted by molar-refractivity contribution is 7.00. The monoisotopic (exact) mass is 192 g/mol. The van der Waals surface area contributed by atoms with Crippen LogP contribution in [0.25, 0.3) is 11.0 Å². The largest absolute Gasteiger partial charge is 0.399 e. The Morgan fingerprint density at radius 2 is 2.31 bits per heavy atom. The van der Waals surface area contributed by atoms with Crippen LogP contribution in [0.1, 0.15) is 5.56 Å². The maximum atomic E-state index is 5.69. The first kappa shape index (κ1) is 8.12. The van der Waals surface area contributed by atoms with Crippen LogP contribution in [0, 0.1) is 0 Å². The minimum Gasteiger partial charge on any atom is -0.399 e. The minimum atomic E-state index is 0.690. The Hall–Kier alpha value is -1.49. The molecule has 66 valence electrons. The van der Waals surface area contributed by atoms with Crippen LogP contribution in [0.3, 0.4) is 0 Å². The third-order valence-electron chi connectivity index (χ3n) is 1.68. The van der Waals surface area contributed by atoms with Gasteiger partial charge in [-0.15, -0.1) is 0 Å². The van der Waals surface area contributed by atoms with Gasteiger partial charge in [0.05, 0.1) is 11.7 Å². The van der Waals surface area contributed by atoms with Crippen LogP contribution in [-0.4, -0.2) is 22.0 Å². The maximum absolute atomic E-state index is 5.69. The average Bonchev–Trinajstić information content (AvgIpc) is 2.52. The van der Waals surface area contributed by atoms with Gasteiger partial charge in [-0.3, -0.25) is 4.99 Å². The molecule has 1 aromatic heterocycles. The number of anilines is 1. The predicted octanol–water partition coefficient (Wildman–Crippen LogP) is 1.32. The van der Waals surface area contributed by atoms with Crippen molar-refractivity contribution in [2.24, 2.45) is 4.99 Å². The van der Waals surface area contributed by atoms with Crippen LogP contribution in [0.5, 0.6) is 0 Å². The third kappa shape index (κ3) is 1.38. The van der Waals surface area contributed by atoms with E-state index in [4.69, 9.17) is 5.73 Å². The van der Waals surface area contributed by atoms with Crippen molar-refractivity contribution in [3.05, 3.63) is 17.7 Å². The fraction of sp³-hybridized carbons (Fsp3) is 0.125. The Morgan fingerprint density at radius 1 is 1.46 bits per heavy atom. The van der Waals surface area contributed by atoms with Crippen molar-refractivity contribution >= 4 is 34.7 Å². The summed E-state index contributed by atoms with van der Waals surface area (Å²) in [5, 5.41) is 0. The van der Waals surface area contributed by atoms with Crippen molar-refractivity contribution in [3.63, 3.8) is 0 Å². The van der Waals surface area contributed by atoms with Gasteiger partial charge >= 0.3 is 0 Å². The van der Waals surface area contributed by atoms with Crippen molar-refractivity contribution in [3.8, 4) is 0 Å². The summed E-state index contributed by atoms with van der Waals surface area (Å²) in [5.74, 6) is 0. The minimum absolute atomic E-state index is 0.690. The number of rotatable bonds is 1. The lowest BCUT2D eigenvalue weighted by molar-refractivity contribution is 1.46. The van der Waals surface area contributed by atoms with E-state index < -0.39 is 0 Å². The van der Waals surface area contributed by atoms with Crippen LogP contribution < -0.4 is 5.73 Å². The lowest BCUT2D eigenvalue weighted by Gasteiger charge is -1.96. The van der Waals surface area contributed by atoms with Crippen LogP contribution >= 0.6 is 11.7 Å². The van der Waals surface area contributed by atoms with Gasteiger partial charge in [0.15, 0.2) is 0 Å². The van der Waals surface area contributed by atoms with Crippen LogP contribution in [0.15, 0.2) is 17.1 Å². The topological polar surface area (TPSA) is 64.2 Å². The lowest BCUT2D eigenvalue weighted by atomic mass is 10.2. The summed E-state index contributed by atoms with van der Waals surface area (Å²) in [6.07, 6.45) is 1.74. The van der Waals surface area contributed by atoms with Gasteiger partial charge < -0.3 is 5.73 Å². The molecule has 0 radical (unpaired) electrons. The van der Waals surface area contributed by atoms with E-state index in [0.29, 0.717) is 5.69 Å². The molecule has 1 heterocycles. The second-order valence-electron chi connectivity index (χ2n) is 2.63. The molecule has 0 saturated heterocycles.